The maximum atomic E-state index is 6.22. The standard InChI is InChI=1S/C14H20ClN3S/c1-10(2)17-6-8-18(9-7-17)12-5-3-4-11(15)13(12)14(16)19/h3-5,10H,6-9H2,1-2H3,(H2,16,19). The zero-order chi connectivity index (χ0) is 14.0. The molecule has 1 aliphatic rings. The van der Waals surface area contributed by atoms with Gasteiger partial charge in [-0.1, -0.05) is 29.9 Å². The zero-order valence-corrected chi connectivity index (χ0v) is 13.0. The van der Waals surface area contributed by atoms with Crippen LogP contribution in [0.3, 0.4) is 0 Å². The number of thiocarbonyl (C=S) groups is 1. The predicted octanol–water partition coefficient (Wildman–Crippen LogP) is 2.50. The summed E-state index contributed by atoms with van der Waals surface area (Å²) >= 11 is 11.3. The fourth-order valence-corrected chi connectivity index (χ4v) is 3.04. The first kappa shape index (κ1) is 14.6. The first-order valence-corrected chi connectivity index (χ1v) is 7.36. The lowest BCUT2D eigenvalue weighted by Gasteiger charge is -2.38. The second-order valence-corrected chi connectivity index (χ2v) is 5.96. The van der Waals surface area contributed by atoms with Crippen LogP contribution in [0.1, 0.15) is 19.4 Å². The maximum Gasteiger partial charge on any atom is 0.107 e. The average Bonchev–Trinajstić information content (AvgIpc) is 2.38. The third-order valence-corrected chi connectivity index (χ3v) is 4.14. The minimum atomic E-state index is 0.367. The van der Waals surface area contributed by atoms with Crippen molar-refractivity contribution >= 4 is 34.5 Å². The Morgan fingerprint density at radius 2 is 1.89 bits per heavy atom. The highest BCUT2D eigenvalue weighted by Crippen LogP contribution is 2.28. The van der Waals surface area contributed by atoms with Crippen LogP contribution in [0, 0.1) is 0 Å². The van der Waals surface area contributed by atoms with E-state index in [0.717, 1.165) is 37.4 Å². The van der Waals surface area contributed by atoms with Crippen molar-refractivity contribution in [1.82, 2.24) is 4.90 Å². The molecule has 1 aromatic rings. The Balaban J connectivity index is 2.20. The highest BCUT2D eigenvalue weighted by molar-refractivity contribution is 7.80. The molecule has 1 heterocycles. The Hall–Kier alpha value is -0.840. The molecule has 0 radical (unpaired) electrons. The van der Waals surface area contributed by atoms with Crippen molar-refractivity contribution in [1.29, 1.82) is 0 Å². The Bertz CT molecular complexity index is 468. The van der Waals surface area contributed by atoms with Gasteiger partial charge in [0.1, 0.15) is 4.99 Å². The zero-order valence-electron chi connectivity index (χ0n) is 11.4. The molecule has 0 amide bonds. The molecule has 1 saturated heterocycles. The number of halogens is 1. The molecule has 0 spiro atoms. The van der Waals surface area contributed by atoms with Gasteiger partial charge in [-0.25, -0.2) is 0 Å². The molecule has 0 bridgehead atoms. The second kappa shape index (κ2) is 6.07. The van der Waals surface area contributed by atoms with Gasteiger partial charge in [0.25, 0.3) is 0 Å². The van der Waals surface area contributed by atoms with Crippen LogP contribution < -0.4 is 10.6 Å². The van der Waals surface area contributed by atoms with E-state index in [-0.39, 0.29) is 0 Å². The van der Waals surface area contributed by atoms with Gasteiger partial charge in [-0.05, 0) is 26.0 Å². The van der Waals surface area contributed by atoms with E-state index >= 15 is 0 Å². The summed E-state index contributed by atoms with van der Waals surface area (Å²) in [6, 6.07) is 6.43. The molecule has 0 atom stereocenters. The van der Waals surface area contributed by atoms with Gasteiger partial charge in [-0.2, -0.15) is 0 Å². The van der Waals surface area contributed by atoms with Crippen LogP contribution in [-0.2, 0) is 0 Å². The molecule has 2 N–H and O–H groups in total. The molecule has 104 valence electrons. The summed E-state index contributed by atoms with van der Waals surface area (Å²) in [7, 11) is 0. The molecule has 19 heavy (non-hydrogen) atoms. The van der Waals surface area contributed by atoms with Crippen molar-refractivity contribution < 1.29 is 0 Å². The van der Waals surface area contributed by atoms with E-state index in [0.29, 0.717) is 16.1 Å². The van der Waals surface area contributed by atoms with Gasteiger partial charge in [0.15, 0.2) is 0 Å². The number of nitrogens with two attached hydrogens (primary N) is 1. The lowest BCUT2D eigenvalue weighted by Crippen LogP contribution is -2.49. The summed E-state index contributed by atoms with van der Waals surface area (Å²) in [5.74, 6) is 0. The maximum absolute atomic E-state index is 6.22. The third-order valence-electron chi connectivity index (χ3n) is 3.62. The molecule has 5 heteroatoms. The molecule has 0 aromatic heterocycles. The lowest BCUT2D eigenvalue weighted by atomic mass is 10.1. The van der Waals surface area contributed by atoms with Crippen molar-refractivity contribution in [3.05, 3.63) is 28.8 Å². The van der Waals surface area contributed by atoms with Gasteiger partial charge >= 0.3 is 0 Å². The monoisotopic (exact) mass is 297 g/mol. The van der Waals surface area contributed by atoms with E-state index in [1.807, 2.05) is 18.2 Å². The molecular weight excluding hydrogens is 278 g/mol. The summed E-state index contributed by atoms with van der Waals surface area (Å²) in [6.07, 6.45) is 0. The van der Waals surface area contributed by atoms with Crippen molar-refractivity contribution in [3.63, 3.8) is 0 Å². The number of benzene rings is 1. The Kier molecular flexibility index (Phi) is 4.66. The van der Waals surface area contributed by atoms with Gasteiger partial charge in [-0.15, -0.1) is 0 Å². The Morgan fingerprint density at radius 3 is 2.42 bits per heavy atom. The fourth-order valence-electron chi connectivity index (χ4n) is 2.50. The van der Waals surface area contributed by atoms with Crippen LogP contribution in [0.2, 0.25) is 5.02 Å². The van der Waals surface area contributed by atoms with Crippen molar-refractivity contribution in [2.24, 2.45) is 5.73 Å². The molecular formula is C14H20ClN3S. The summed E-state index contributed by atoms with van der Waals surface area (Å²) in [6.45, 7) is 8.54. The molecule has 1 aromatic carbocycles. The highest BCUT2D eigenvalue weighted by atomic mass is 35.5. The summed E-state index contributed by atoms with van der Waals surface area (Å²) < 4.78 is 0. The SMILES string of the molecule is CC(C)N1CCN(c2cccc(Cl)c2C(N)=S)CC1. The number of rotatable bonds is 3. The number of piperazine rings is 1. The van der Waals surface area contributed by atoms with E-state index in [9.17, 15) is 0 Å². The van der Waals surface area contributed by atoms with E-state index in [2.05, 4.69) is 23.6 Å². The van der Waals surface area contributed by atoms with E-state index in [1.165, 1.54) is 0 Å². The molecule has 3 nitrogen and oxygen atoms in total. The topological polar surface area (TPSA) is 32.5 Å². The third kappa shape index (κ3) is 3.19. The van der Waals surface area contributed by atoms with Gasteiger partial charge in [0, 0.05) is 37.9 Å². The van der Waals surface area contributed by atoms with Crippen molar-refractivity contribution in [2.75, 3.05) is 31.1 Å². The van der Waals surface area contributed by atoms with Crippen LogP contribution in [-0.4, -0.2) is 42.1 Å². The van der Waals surface area contributed by atoms with E-state index in [4.69, 9.17) is 29.6 Å². The van der Waals surface area contributed by atoms with Gasteiger partial charge < -0.3 is 10.6 Å². The quantitative estimate of drug-likeness (QED) is 0.869. The minimum absolute atomic E-state index is 0.367. The molecule has 1 aliphatic heterocycles. The Labute approximate surface area is 125 Å². The number of nitrogens with zero attached hydrogens (tertiary/aromatic N) is 2. The summed E-state index contributed by atoms with van der Waals surface area (Å²) in [5, 5.41) is 0.635. The number of anilines is 1. The lowest BCUT2D eigenvalue weighted by molar-refractivity contribution is 0.209. The van der Waals surface area contributed by atoms with Crippen LogP contribution in [0.25, 0.3) is 0 Å². The smallest absolute Gasteiger partial charge is 0.107 e. The summed E-state index contributed by atoms with van der Waals surface area (Å²) in [4.78, 5) is 5.16. The number of hydrogen-bond acceptors (Lipinski definition) is 3. The van der Waals surface area contributed by atoms with Crippen LogP contribution in [0.15, 0.2) is 18.2 Å². The molecule has 0 aliphatic carbocycles. The summed E-state index contributed by atoms with van der Waals surface area (Å²) in [5.41, 5.74) is 7.67. The van der Waals surface area contributed by atoms with Gasteiger partial charge in [0.2, 0.25) is 0 Å². The van der Waals surface area contributed by atoms with Gasteiger partial charge in [-0.3, -0.25) is 4.90 Å². The average molecular weight is 298 g/mol. The normalized spacial score (nSPS) is 16.9. The molecule has 2 rings (SSSR count). The molecule has 1 fully saturated rings. The van der Waals surface area contributed by atoms with Gasteiger partial charge in [0.05, 0.1) is 10.6 Å². The molecule has 0 unspecified atom stereocenters. The Morgan fingerprint density at radius 1 is 1.26 bits per heavy atom. The first-order valence-electron chi connectivity index (χ1n) is 6.58. The molecule has 0 saturated carbocycles. The predicted molar refractivity (Wildman–Crippen MR) is 86.3 cm³/mol. The van der Waals surface area contributed by atoms with Crippen LogP contribution in [0.5, 0.6) is 0 Å². The van der Waals surface area contributed by atoms with Crippen molar-refractivity contribution in [3.8, 4) is 0 Å². The van der Waals surface area contributed by atoms with E-state index in [1.54, 1.807) is 0 Å². The van der Waals surface area contributed by atoms with Crippen LogP contribution >= 0.6 is 23.8 Å². The van der Waals surface area contributed by atoms with Crippen molar-refractivity contribution in [2.45, 2.75) is 19.9 Å². The highest BCUT2D eigenvalue weighted by Gasteiger charge is 2.22. The number of hydrogen-bond donors (Lipinski definition) is 1. The minimum Gasteiger partial charge on any atom is -0.389 e. The van der Waals surface area contributed by atoms with Crippen LogP contribution in [0.4, 0.5) is 5.69 Å². The van der Waals surface area contributed by atoms with E-state index < -0.39 is 0 Å². The second-order valence-electron chi connectivity index (χ2n) is 5.11. The largest absolute Gasteiger partial charge is 0.389 e. The first-order chi connectivity index (χ1) is 9.00. The fraction of sp³-hybridized carbons (Fsp3) is 0.500.